The molecule has 100 heavy (non-hydrogen) atoms. The van der Waals surface area contributed by atoms with Gasteiger partial charge in [-0.1, -0.05) is 305 Å². The van der Waals surface area contributed by atoms with Gasteiger partial charge in [0.1, 0.15) is 0 Å². The average molecular weight is 1290 g/mol. The normalized spacial score (nSPS) is 13.9. The molecule has 14 aromatic carbocycles. The summed E-state index contributed by atoms with van der Waals surface area (Å²) >= 11 is 0. The number of hydrogen-bond acceptors (Lipinski definition) is 2. The summed E-state index contributed by atoms with van der Waals surface area (Å²) in [5.41, 5.74) is 25.9. The van der Waals surface area contributed by atoms with Crippen LogP contribution in [0.5, 0.6) is 0 Å². The molecule has 0 aliphatic carbocycles. The number of benzene rings is 14. The minimum Gasteiger partial charge on any atom is -0.310 e. The van der Waals surface area contributed by atoms with Gasteiger partial charge in [-0.2, -0.15) is 0 Å². The molecule has 0 N–H and O–H groups in total. The maximum atomic E-state index is 9.91. The lowest BCUT2D eigenvalue weighted by Crippen LogP contribution is -2.61. The Bertz CT molecular complexity index is 5920. The first-order valence-corrected chi connectivity index (χ1v) is 34.8. The van der Waals surface area contributed by atoms with E-state index in [4.69, 9.17) is 2.74 Å². The highest BCUT2D eigenvalue weighted by atomic mass is 15.2. The van der Waals surface area contributed by atoms with Gasteiger partial charge in [0.05, 0.1) is 33.4 Å². The lowest BCUT2D eigenvalue weighted by molar-refractivity contribution is 0.590. The highest BCUT2D eigenvalue weighted by Crippen LogP contribution is 2.56. The minimum absolute atomic E-state index is 0.0105. The predicted molar refractivity (Wildman–Crippen MR) is 429 cm³/mol. The van der Waals surface area contributed by atoms with Crippen molar-refractivity contribution in [2.24, 2.45) is 0 Å². The van der Waals surface area contributed by atoms with Crippen LogP contribution in [0.2, 0.25) is 0 Å². The first-order chi connectivity index (χ1) is 51.8. The Hall–Kier alpha value is -11.5. The smallest absolute Gasteiger partial charge is 0.252 e. The first kappa shape index (κ1) is 53.6. The Kier molecular flexibility index (Phi) is 13.0. The van der Waals surface area contributed by atoms with Crippen molar-refractivity contribution in [1.82, 2.24) is 4.57 Å². The van der Waals surface area contributed by atoms with Gasteiger partial charge in [-0.25, -0.2) is 0 Å². The van der Waals surface area contributed by atoms with Crippen LogP contribution in [0.4, 0.5) is 34.1 Å². The van der Waals surface area contributed by atoms with E-state index >= 15 is 0 Å². The van der Waals surface area contributed by atoms with E-state index in [0.717, 1.165) is 140 Å². The van der Waals surface area contributed by atoms with E-state index in [2.05, 4.69) is 327 Å². The topological polar surface area (TPSA) is 11.4 Å². The highest BCUT2D eigenvalue weighted by molar-refractivity contribution is 7.00. The molecule has 0 unspecified atom stereocenters. The van der Waals surface area contributed by atoms with Gasteiger partial charge in [-0.15, -0.1) is 0 Å². The summed E-state index contributed by atoms with van der Waals surface area (Å²) in [7, 11) is 0. The summed E-state index contributed by atoms with van der Waals surface area (Å²) in [6.07, 6.45) is 0. The molecule has 0 radical (unpaired) electrons. The van der Waals surface area contributed by atoms with Crippen LogP contribution >= 0.6 is 0 Å². The van der Waals surface area contributed by atoms with E-state index in [1.165, 1.54) is 5.56 Å². The van der Waals surface area contributed by atoms with Crippen molar-refractivity contribution in [3.63, 3.8) is 0 Å². The number of fused-ring (bicyclic) bond motifs is 7. The molecule has 4 heteroatoms. The van der Waals surface area contributed by atoms with Gasteiger partial charge in [0.25, 0.3) is 6.71 Å². The monoisotopic (exact) mass is 1290 g/mol. The van der Waals surface area contributed by atoms with Crippen LogP contribution in [-0.2, 0) is 16.2 Å². The number of para-hydroxylation sites is 2. The first-order valence-electron chi connectivity index (χ1n) is 38.8. The van der Waals surface area contributed by atoms with Crippen LogP contribution in [0.3, 0.4) is 0 Å². The van der Waals surface area contributed by atoms with Gasteiger partial charge in [0, 0.05) is 61.5 Å². The minimum atomic E-state index is -0.499. The van der Waals surface area contributed by atoms with Crippen molar-refractivity contribution >= 4 is 79.0 Å². The second-order valence-corrected chi connectivity index (χ2v) is 29.9. The quantitative estimate of drug-likeness (QED) is 0.126. The van der Waals surface area contributed by atoms with Gasteiger partial charge < -0.3 is 14.4 Å². The molecule has 2 aliphatic rings. The molecule has 17 rings (SSSR count). The second-order valence-electron chi connectivity index (χ2n) is 29.9. The molecule has 0 saturated heterocycles. The van der Waals surface area contributed by atoms with Crippen molar-refractivity contribution in [3.8, 4) is 83.6 Å². The van der Waals surface area contributed by atoms with Crippen molar-refractivity contribution in [2.45, 2.75) is 78.6 Å². The summed E-state index contributed by atoms with van der Waals surface area (Å²) in [6.45, 7) is 20.1. The van der Waals surface area contributed by atoms with Crippen LogP contribution in [0.25, 0.3) is 105 Å². The largest absolute Gasteiger partial charge is 0.310 e. The van der Waals surface area contributed by atoms with Crippen LogP contribution in [0, 0.1) is 0 Å². The molecule has 0 fully saturated rings. The predicted octanol–water partition coefficient (Wildman–Crippen LogP) is 24.4. The number of anilines is 6. The summed E-state index contributed by atoms with van der Waals surface area (Å²) in [5, 5.41) is 0.0210. The van der Waals surface area contributed by atoms with E-state index in [1.807, 2.05) is 18.2 Å². The summed E-state index contributed by atoms with van der Waals surface area (Å²) in [5.74, 6) is 0. The molecule has 0 spiro atoms. The van der Waals surface area contributed by atoms with Crippen LogP contribution < -0.4 is 26.2 Å². The Morgan fingerprint density at radius 3 is 1.07 bits per heavy atom. The third-order valence-corrected chi connectivity index (χ3v) is 20.4. The van der Waals surface area contributed by atoms with E-state index in [1.54, 1.807) is 4.57 Å². The van der Waals surface area contributed by atoms with Crippen LogP contribution in [0.1, 0.15) is 90.0 Å². The number of nitrogens with zero attached hydrogens (tertiary/aromatic N) is 3. The van der Waals surface area contributed by atoms with Gasteiger partial charge in [-0.3, -0.25) is 0 Å². The van der Waals surface area contributed by atoms with Gasteiger partial charge in [0.2, 0.25) is 0 Å². The van der Waals surface area contributed by atoms with Crippen LogP contribution in [0.15, 0.2) is 321 Å². The van der Waals surface area contributed by atoms with Crippen LogP contribution in [-0.4, -0.2) is 11.3 Å². The standard InChI is InChI=1S/C96H80BN3/c1-94(2,3)73-56-79(66-37-21-13-22-38-66)92(80(57-73)67-39-23-14-24-40-67)99-87-52-49-70(65-35-19-12-20-36-65)55-84(87)97-83-51-50-76(98-85-47-27-25-45-77(85)78-46-26-28-48-86(78)98)62-88(83)100(90-61-75(96(7,8)9)60-89(99)91(90)97)93-81(71-43-29-41-68(53-71)63-31-15-10-16-32-63)58-74(95(4,5)6)59-82(93)72-44-30-42-69(54-72)64-33-17-11-18-34-64/h10-62H,1-9H3/i25D,26D,27D,28D,45D,46D,47D,48D. The molecule has 0 atom stereocenters. The summed E-state index contributed by atoms with van der Waals surface area (Å²) < 4.78 is 77.6. The Morgan fingerprint density at radius 2 is 0.640 bits per heavy atom. The third-order valence-electron chi connectivity index (χ3n) is 20.4. The lowest BCUT2D eigenvalue weighted by Gasteiger charge is -2.47. The number of aromatic nitrogens is 1. The van der Waals surface area contributed by atoms with Gasteiger partial charge >= 0.3 is 0 Å². The molecule has 3 heterocycles. The number of rotatable bonds is 10. The second kappa shape index (κ2) is 24.2. The van der Waals surface area contributed by atoms with Crippen molar-refractivity contribution in [1.29, 1.82) is 0 Å². The number of hydrogen-bond donors (Lipinski definition) is 0. The molecule has 482 valence electrons. The highest BCUT2D eigenvalue weighted by Gasteiger charge is 2.47. The fraction of sp³-hybridized carbons (Fsp3) is 0.125. The van der Waals surface area contributed by atoms with Crippen molar-refractivity contribution < 1.29 is 11.0 Å². The third kappa shape index (κ3) is 10.8. The Balaban J connectivity index is 1.10. The molecule has 15 aromatic rings. The van der Waals surface area contributed by atoms with Crippen molar-refractivity contribution in [3.05, 3.63) is 338 Å². The Morgan fingerprint density at radius 1 is 0.280 bits per heavy atom. The maximum absolute atomic E-state index is 9.91. The van der Waals surface area contributed by atoms with Gasteiger partial charge in [0.15, 0.2) is 0 Å². The summed E-state index contributed by atoms with van der Waals surface area (Å²) in [4.78, 5) is 5.08. The SMILES string of the molecule is [2H]c1c([2H])c([2H])c2c(c1[2H])c1c([2H])c([2H])c([2H])c([2H])c1n2-c1ccc2c(c1)N(c1c(-c3cccc(-c4ccccc4)c3)cc(C(C)(C)C)cc1-c1cccc(-c3ccccc3)c1)c1cc(C(C)(C)C)cc3c1B2c1cc(-c2ccccc2)ccc1N3c1c(-c2ccccc2)cc(C(C)(C)C)cc1-c1ccccc1. The Labute approximate surface area is 601 Å². The zero-order valence-corrected chi connectivity index (χ0v) is 57.9. The maximum Gasteiger partial charge on any atom is 0.252 e. The molecule has 0 bridgehead atoms. The van der Waals surface area contributed by atoms with E-state index in [9.17, 15) is 8.22 Å². The zero-order chi connectivity index (χ0) is 75.1. The molecule has 3 nitrogen and oxygen atoms in total. The molecule has 0 saturated carbocycles. The molecule has 2 aliphatic heterocycles. The summed E-state index contributed by atoms with van der Waals surface area (Å²) in [6, 6.07) is 95.3. The van der Waals surface area contributed by atoms with Crippen molar-refractivity contribution in [2.75, 3.05) is 9.80 Å². The molecule has 1 aromatic heterocycles. The lowest BCUT2D eigenvalue weighted by atomic mass is 9.33. The fourth-order valence-corrected chi connectivity index (χ4v) is 15.3. The fourth-order valence-electron chi connectivity index (χ4n) is 15.3. The molecule has 0 amide bonds. The molecular weight excluding hydrogens is 1210 g/mol. The van der Waals surface area contributed by atoms with E-state index < -0.39 is 48.4 Å². The van der Waals surface area contributed by atoms with E-state index in [-0.39, 0.29) is 44.7 Å². The zero-order valence-electron chi connectivity index (χ0n) is 65.9. The van der Waals surface area contributed by atoms with Gasteiger partial charge in [-0.05, 0) is 184 Å². The van der Waals surface area contributed by atoms with E-state index in [0.29, 0.717) is 5.69 Å². The molecular formula is C96H80BN3. The average Bonchev–Trinajstić information content (AvgIpc) is 0.822.